The molecular formula is C28H29N7O5S. The highest BCUT2D eigenvalue weighted by atomic mass is 32.1. The second-order valence-corrected chi connectivity index (χ2v) is 11.1. The number of likely N-dealkylation sites (tertiary alicyclic amines) is 1. The zero-order valence-electron chi connectivity index (χ0n) is 22.6. The number of aromatic nitrogens is 4. The maximum Gasteiger partial charge on any atom is 0.257 e. The van der Waals surface area contributed by atoms with E-state index >= 15 is 0 Å². The van der Waals surface area contributed by atoms with Gasteiger partial charge in [-0.1, -0.05) is 11.3 Å². The average molecular weight is 576 g/mol. The van der Waals surface area contributed by atoms with Crippen molar-refractivity contribution in [3.8, 4) is 11.5 Å². The van der Waals surface area contributed by atoms with Crippen LogP contribution in [0.15, 0.2) is 48.1 Å². The third-order valence-corrected chi connectivity index (χ3v) is 8.32. The Morgan fingerprint density at radius 1 is 1.20 bits per heavy atom. The molecule has 0 unspecified atom stereocenters. The van der Waals surface area contributed by atoms with Gasteiger partial charge in [0.05, 0.1) is 40.6 Å². The largest absolute Gasteiger partial charge is 0.493 e. The van der Waals surface area contributed by atoms with Gasteiger partial charge in [-0.25, -0.2) is 9.67 Å². The first-order valence-corrected chi connectivity index (χ1v) is 14.1. The van der Waals surface area contributed by atoms with Crippen molar-refractivity contribution in [2.75, 3.05) is 40.3 Å². The Balaban J connectivity index is 1.28. The Kier molecular flexibility index (Phi) is 7.26. The lowest BCUT2D eigenvalue weighted by atomic mass is 9.99. The number of carbonyl (C=O) groups is 3. The minimum absolute atomic E-state index is 0.0553. The molecule has 4 aromatic rings. The number of nitrogens with one attached hydrogen (secondary N) is 1. The molecule has 1 saturated heterocycles. The molecule has 6 rings (SSSR count). The molecule has 0 spiro atoms. The molecule has 2 atom stereocenters. The lowest BCUT2D eigenvalue weighted by Crippen LogP contribution is -2.37. The summed E-state index contributed by atoms with van der Waals surface area (Å²) in [4.78, 5) is 47.4. The van der Waals surface area contributed by atoms with Gasteiger partial charge in [0.2, 0.25) is 5.91 Å². The van der Waals surface area contributed by atoms with Crippen molar-refractivity contribution in [3.05, 3.63) is 64.9 Å². The van der Waals surface area contributed by atoms with Crippen LogP contribution in [-0.4, -0.2) is 87.8 Å². The summed E-state index contributed by atoms with van der Waals surface area (Å²) in [7, 11) is 3.19. The Morgan fingerprint density at radius 3 is 2.93 bits per heavy atom. The number of amides is 3. The first-order valence-electron chi connectivity index (χ1n) is 13.3. The third-order valence-electron chi connectivity index (χ3n) is 7.53. The normalized spacial score (nSPS) is 19.9. The van der Waals surface area contributed by atoms with Gasteiger partial charge in [-0.3, -0.25) is 14.4 Å². The quantitative estimate of drug-likeness (QED) is 0.386. The molecule has 212 valence electrons. The van der Waals surface area contributed by atoms with Crippen molar-refractivity contribution < 1.29 is 23.9 Å². The van der Waals surface area contributed by atoms with Gasteiger partial charge in [0, 0.05) is 51.1 Å². The van der Waals surface area contributed by atoms with E-state index in [1.54, 1.807) is 52.6 Å². The van der Waals surface area contributed by atoms with Gasteiger partial charge in [0.1, 0.15) is 12.3 Å². The van der Waals surface area contributed by atoms with Crippen LogP contribution in [0.2, 0.25) is 0 Å². The van der Waals surface area contributed by atoms with Crippen LogP contribution in [0.3, 0.4) is 0 Å². The highest BCUT2D eigenvalue weighted by Crippen LogP contribution is 2.34. The zero-order chi connectivity index (χ0) is 28.5. The van der Waals surface area contributed by atoms with E-state index in [2.05, 4.69) is 20.6 Å². The van der Waals surface area contributed by atoms with Gasteiger partial charge >= 0.3 is 0 Å². The standard InChI is InChI=1S/C28H29N7O5S/c1-33-9-8-29-25(36)11-18-12-34(27(37)17-6-7-21-24(10-17)41-16-30-21)14-22(18)35-13-19(31-32-35)15-40-26-20(28(33)38)4-3-5-23(26)39-2/h3-7,10,13,16,18,22H,8-9,11-12,14-15H2,1-2H3,(H,29,36)/t18-,22+/m1/s1. The molecule has 2 aliphatic heterocycles. The smallest absolute Gasteiger partial charge is 0.257 e. The molecule has 13 heteroatoms. The number of likely N-dealkylation sites (N-methyl/N-ethyl adjacent to an activating group) is 1. The van der Waals surface area contributed by atoms with E-state index in [4.69, 9.17) is 9.47 Å². The van der Waals surface area contributed by atoms with Crippen molar-refractivity contribution >= 4 is 39.3 Å². The summed E-state index contributed by atoms with van der Waals surface area (Å²) in [5, 5.41) is 11.6. The molecular weight excluding hydrogens is 546 g/mol. The number of nitrogens with zero attached hydrogens (tertiary/aromatic N) is 6. The monoisotopic (exact) mass is 575 g/mol. The van der Waals surface area contributed by atoms with Gasteiger partial charge in [-0.15, -0.1) is 16.4 Å². The predicted molar refractivity (Wildman–Crippen MR) is 150 cm³/mol. The Labute approximate surface area is 239 Å². The highest BCUT2D eigenvalue weighted by Gasteiger charge is 2.39. The molecule has 2 aromatic heterocycles. The maximum atomic E-state index is 13.5. The number of benzene rings is 2. The van der Waals surface area contributed by atoms with Crippen LogP contribution in [0.5, 0.6) is 11.5 Å². The summed E-state index contributed by atoms with van der Waals surface area (Å²) >= 11 is 1.49. The molecule has 0 radical (unpaired) electrons. The van der Waals surface area contributed by atoms with E-state index < -0.39 is 0 Å². The summed E-state index contributed by atoms with van der Waals surface area (Å²) in [5.41, 5.74) is 4.08. The van der Waals surface area contributed by atoms with Crippen molar-refractivity contribution in [2.24, 2.45) is 5.92 Å². The Bertz CT molecular complexity index is 1620. The van der Waals surface area contributed by atoms with Crippen LogP contribution in [0.25, 0.3) is 10.2 Å². The van der Waals surface area contributed by atoms with Gasteiger partial charge in [-0.2, -0.15) is 0 Å². The van der Waals surface area contributed by atoms with E-state index in [-0.39, 0.29) is 49.3 Å². The fourth-order valence-electron chi connectivity index (χ4n) is 5.35. The molecule has 1 fully saturated rings. The molecule has 3 amide bonds. The van der Waals surface area contributed by atoms with Crippen LogP contribution in [-0.2, 0) is 11.4 Å². The van der Waals surface area contributed by atoms with Crippen LogP contribution in [0.1, 0.15) is 38.9 Å². The van der Waals surface area contributed by atoms with E-state index in [0.717, 1.165) is 10.2 Å². The SMILES string of the molecule is COc1cccc2c1OCc1cn(nn1)[C@H]1CN(C(=O)c3ccc4ncsc4c3)C[C@H]1CC(=O)NCCN(C)C2=O. The number of para-hydroxylation sites is 1. The number of hydrogen-bond donors (Lipinski definition) is 1. The van der Waals surface area contributed by atoms with Crippen LogP contribution < -0.4 is 14.8 Å². The Hall–Kier alpha value is -4.52. The summed E-state index contributed by atoms with van der Waals surface area (Å²) in [6.45, 7) is 1.42. The Morgan fingerprint density at radius 2 is 2.07 bits per heavy atom. The summed E-state index contributed by atoms with van der Waals surface area (Å²) < 4.78 is 14.2. The average Bonchev–Trinajstić information content (AvgIpc) is 3.74. The van der Waals surface area contributed by atoms with Gasteiger partial charge < -0.3 is 24.6 Å². The summed E-state index contributed by atoms with van der Waals surface area (Å²) in [5.74, 6) is 0.0317. The van der Waals surface area contributed by atoms with Gasteiger partial charge in [0.25, 0.3) is 11.8 Å². The maximum absolute atomic E-state index is 13.5. The zero-order valence-corrected chi connectivity index (χ0v) is 23.5. The first kappa shape index (κ1) is 26.7. The number of hydrogen-bond acceptors (Lipinski definition) is 9. The molecule has 0 aliphatic carbocycles. The molecule has 2 bridgehead atoms. The number of thiazole rings is 1. The number of rotatable bonds is 2. The molecule has 2 aliphatic rings. The number of ether oxygens (including phenoxy) is 2. The predicted octanol–water partition coefficient (Wildman–Crippen LogP) is 2.38. The van der Waals surface area contributed by atoms with Gasteiger partial charge in [0.15, 0.2) is 11.5 Å². The second kappa shape index (κ2) is 11.2. The van der Waals surface area contributed by atoms with Crippen LogP contribution in [0, 0.1) is 5.92 Å². The molecule has 12 nitrogen and oxygen atoms in total. The van der Waals surface area contributed by atoms with E-state index in [0.29, 0.717) is 48.0 Å². The van der Waals surface area contributed by atoms with Crippen molar-refractivity contribution in [2.45, 2.75) is 19.1 Å². The van der Waals surface area contributed by atoms with E-state index in [1.807, 2.05) is 12.1 Å². The minimum atomic E-state index is -0.259. The van der Waals surface area contributed by atoms with Crippen LogP contribution in [0.4, 0.5) is 0 Å². The van der Waals surface area contributed by atoms with Crippen molar-refractivity contribution in [1.29, 1.82) is 0 Å². The number of methoxy groups -OCH3 is 1. The summed E-state index contributed by atoms with van der Waals surface area (Å²) in [6.07, 6.45) is 1.97. The highest BCUT2D eigenvalue weighted by molar-refractivity contribution is 7.16. The molecule has 4 heterocycles. The van der Waals surface area contributed by atoms with Gasteiger partial charge in [-0.05, 0) is 30.3 Å². The number of carbonyl (C=O) groups excluding carboxylic acids is 3. The third kappa shape index (κ3) is 5.32. The fraction of sp³-hybridized carbons (Fsp3) is 0.357. The lowest BCUT2D eigenvalue weighted by Gasteiger charge is -2.21. The second-order valence-electron chi connectivity index (χ2n) is 10.2. The summed E-state index contributed by atoms with van der Waals surface area (Å²) in [6, 6.07) is 10.4. The van der Waals surface area contributed by atoms with Crippen molar-refractivity contribution in [1.82, 2.24) is 35.1 Å². The molecule has 41 heavy (non-hydrogen) atoms. The lowest BCUT2D eigenvalue weighted by molar-refractivity contribution is -0.122. The van der Waals surface area contributed by atoms with Crippen LogP contribution >= 0.6 is 11.3 Å². The number of fused-ring (bicyclic) bond motifs is 6. The van der Waals surface area contributed by atoms with E-state index in [1.165, 1.54) is 23.3 Å². The topological polar surface area (TPSA) is 132 Å². The fourth-order valence-corrected chi connectivity index (χ4v) is 6.07. The first-order chi connectivity index (χ1) is 19.9. The minimum Gasteiger partial charge on any atom is -0.493 e. The molecule has 1 N–H and O–H groups in total. The van der Waals surface area contributed by atoms with E-state index in [9.17, 15) is 14.4 Å². The van der Waals surface area contributed by atoms with Crippen molar-refractivity contribution in [3.63, 3.8) is 0 Å². The molecule has 0 saturated carbocycles. The molecule has 2 aromatic carbocycles.